The Kier molecular flexibility index (Phi) is 4.88. The quantitative estimate of drug-likeness (QED) is 0.327. The summed E-state index contributed by atoms with van der Waals surface area (Å²) in [6.07, 6.45) is 3.05. The fourth-order valence-corrected chi connectivity index (χ4v) is 3.73. The first-order chi connectivity index (χ1) is 15.5. The van der Waals surface area contributed by atoms with Crippen molar-refractivity contribution in [1.29, 1.82) is 0 Å². The number of aryl methyl sites for hydroxylation is 1. The van der Waals surface area contributed by atoms with Gasteiger partial charge in [0.05, 0.1) is 27.8 Å². The predicted molar refractivity (Wildman–Crippen MR) is 120 cm³/mol. The Bertz CT molecular complexity index is 1440. The van der Waals surface area contributed by atoms with Gasteiger partial charge in [-0.3, -0.25) is 0 Å². The second-order valence-corrected chi connectivity index (χ2v) is 7.63. The topological polar surface area (TPSA) is 101 Å². The van der Waals surface area contributed by atoms with Crippen LogP contribution < -0.4 is 4.74 Å². The molecule has 2 heterocycles. The third-order valence-corrected chi connectivity index (χ3v) is 5.43. The Balaban J connectivity index is 1.46. The van der Waals surface area contributed by atoms with Crippen LogP contribution in [0, 0.1) is 6.92 Å². The molecule has 0 aliphatic carbocycles. The van der Waals surface area contributed by atoms with Crippen LogP contribution in [-0.2, 0) is 0 Å². The number of carboxylic acids is 1. The molecule has 2 aromatic heterocycles. The first kappa shape index (κ1) is 19.8. The predicted octanol–water partition coefficient (Wildman–Crippen LogP) is 6.34. The molecule has 7 nitrogen and oxygen atoms in total. The molecule has 0 aliphatic heterocycles. The molecule has 0 spiro atoms. The van der Waals surface area contributed by atoms with Crippen molar-refractivity contribution in [1.82, 2.24) is 15.0 Å². The van der Waals surface area contributed by atoms with Crippen LogP contribution in [0.5, 0.6) is 11.8 Å². The third kappa shape index (κ3) is 3.70. The van der Waals surface area contributed by atoms with E-state index in [2.05, 4.69) is 15.0 Å². The second-order valence-electron chi connectivity index (χ2n) is 7.22. The summed E-state index contributed by atoms with van der Waals surface area (Å²) in [6.45, 7) is 1.73. The number of imidazole rings is 1. The van der Waals surface area contributed by atoms with Crippen molar-refractivity contribution in [2.45, 2.75) is 6.92 Å². The van der Waals surface area contributed by atoms with Gasteiger partial charge in [-0.1, -0.05) is 41.9 Å². The molecule has 0 saturated carbocycles. The number of rotatable bonds is 5. The normalized spacial score (nSPS) is 11.1. The zero-order valence-corrected chi connectivity index (χ0v) is 17.6. The van der Waals surface area contributed by atoms with Gasteiger partial charge >= 0.3 is 5.97 Å². The molecule has 0 radical (unpaired) electrons. The van der Waals surface area contributed by atoms with Gasteiger partial charge in [-0.25, -0.2) is 9.78 Å². The van der Waals surface area contributed by atoms with E-state index in [1.54, 1.807) is 31.3 Å². The fourth-order valence-electron chi connectivity index (χ4n) is 3.46. The van der Waals surface area contributed by atoms with Crippen molar-refractivity contribution in [3.8, 4) is 34.2 Å². The standard InChI is InChI=1S/C24H16ClN3O4/c1-13-2-7-16(8-17(13)23(29)30)32-24-27-20-9-18(19(25)10-21(20)28-24)14-3-5-15(6-4-14)22-11-26-12-31-22/h2-12H,1H3,(H,27,28)(H,29,30). The average Bonchev–Trinajstić information content (AvgIpc) is 3.44. The molecule has 158 valence electrons. The lowest BCUT2D eigenvalue weighted by atomic mass is 10.0. The minimum Gasteiger partial charge on any atom is -0.478 e. The number of ether oxygens (including phenoxy) is 1. The van der Waals surface area contributed by atoms with Crippen molar-refractivity contribution in [2.24, 2.45) is 0 Å². The molecule has 0 fully saturated rings. The molecule has 5 aromatic rings. The largest absolute Gasteiger partial charge is 0.478 e. The number of nitrogens with one attached hydrogen (secondary N) is 1. The molecule has 0 saturated heterocycles. The number of carboxylic acid groups (broad SMARTS) is 1. The number of aromatic nitrogens is 3. The SMILES string of the molecule is Cc1ccc(Oc2nc3cc(-c4ccc(-c5cnco5)cc4)c(Cl)cc3[nH]2)cc1C(=O)O. The number of benzene rings is 3. The molecule has 2 N–H and O–H groups in total. The minimum atomic E-state index is -1.01. The van der Waals surface area contributed by atoms with Crippen LogP contribution in [0.4, 0.5) is 0 Å². The summed E-state index contributed by atoms with van der Waals surface area (Å²) in [5.41, 5.74) is 4.87. The van der Waals surface area contributed by atoms with Gasteiger partial charge in [0.1, 0.15) is 5.75 Å². The highest BCUT2D eigenvalue weighted by Crippen LogP contribution is 2.34. The first-order valence-corrected chi connectivity index (χ1v) is 10.1. The molecule has 32 heavy (non-hydrogen) atoms. The van der Waals surface area contributed by atoms with Crippen molar-refractivity contribution < 1.29 is 19.1 Å². The molecular weight excluding hydrogens is 430 g/mol. The average molecular weight is 446 g/mol. The highest BCUT2D eigenvalue weighted by Gasteiger charge is 2.13. The monoisotopic (exact) mass is 445 g/mol. The molecule has 0 amide bonds. The number of nitrogens with zero attached hydrogens (tertiary/aromatic N) is 2. The van der Waals surface area contributed by atoms with Crippen molar-refractivity contribution in [3.05, 3.63) is 83.3 Å². The lowest BCUT2D eigenvalue weighted by molar-refractivity contribution is 0.0695. The van der Waals surface area contributed by atoms with Gasteiger partial charge in [0, 0.05) is 11.1 Å². The molecular formula is C24H16ClN3O4. The number of aromatic carboxylic acids is 1. The van der Waals surface area contributed by atoms with Crippen LogP contribution in [0.1, 0.15) is 15.9 Å². The van der Waals surface area contributed by atoms with E-state index in [-0.39, 0.29) is 11.6 Å². The third-order valence-electron chi connectivity index (χ3n) is 5.12. The van der Waals surface area contributed by atoms with Gasteiger partial charge in [0.15, 0.2) is 12.2 Å². The summed E-state index contributed by atoms with van der Waals surface area (Å²) in [5, 5.41) is 9.87. The maximum atomic E-state index is 11.4. The van der Waals surface area contributed by atoms with Crippen LogP contribution in [0.15, 0.2) is 71.6 Å². The summed E-state index contributed by atoms with van der Waals surface area (Å²) in [6, 6.07) is 16.6. The van der Waals surface area contributed by atoms with Crippen molar-refractivity contribution in [3.63, 3.8) is 0 Å². The second kappa shape index (κ2) is 7.86. The van der Waals surface area contributed by atoms with E-state index < -0.39 is 5.97 Å². The lowest BCUT2D eigenvalue weighted by Gasteiger charge is -2.05. The van der Waals surface area contributed by atoms with Crippen molar-refractivity contribution >= 4 is 28.6 Å². The molecule has 5 rings (SSSR count). The number of fused-ring (bicyclic) bond motifs is 1. The van der Waals surface area contributed by atoms with E-state index in [0.29, 0.717) is 33.1 Å². The number of hydrogen-bond donors (Lipinski definition) is 2. The highest BCUT2D eigenvalue weighted by atomic mass is 35.5. The minimum absolute atomic E-state index is 0.178. The van der Waals surface area contributed by atoms with E-state index in [1.165, 1.54) is 12.5 Å². The number of hydrogen-bond acceptors (Lipinski definition) is 5. The maximum Gasteiger partial charge on any atom is 0.336 e. The Morgan fingerprint density at radius 2 is 1.88 bits per heavy atom. The molecule has 8 heteroatoms. The Hall–Kier alpha value is -4.10. The fraction of sp³-hybridized carbons (Fsp3) is 0.0417. The van der Waals surface area contributed by atoms with Crippen LogP contribution in [0.25, 0.3) is 33.5 Å². The zero-order valence-electron chi connectivity index (χ0n) is 16.8. The van der Waals surface area contributed by atoms with Gasteiger partial charge in [-0.2, -0.15) is 4.98 Å². The molecule has 0 unspecified atom stereocenters. The smallest absolute Gasteiger partial charge is 0.336 e. The number of halogens is 1. The van der Waals surface area contributed by atoms with E-state index in [4.69, 9.17) is 20.8 Å². The first-order valence-electron chi connectivity index (χ1n) is 9.68. The number of carbonyl (C=O) groups is 1. The Labute approximate surface area is 187 Å². The van der Waals surface area contributed by atoms with Crippen LogP contribution >= 0.6 is 11.6 Å². The maximum absolute atomic E-state index is 11.4. The molecule has 0 bridgehead atoms. The molecule has 0 atom stereocenters. The summed E-state index contributed by atoms with van der Waals surface area (Å²) >= 11 is 6.54. The number of H-pyrrole nitrogens is 1. The molecule has 3 aromatic carbocycles. The van der Waals surface area contributed by atoms with Gasteiger partial charge in [0.2, 0.25) is 0 Å². The van der Waals surface area contributed by atoms with Crippen LogP contribution in [-0.4, -0.2) is 26.0 Å². The zero-order chi connectivity index (χ0) is 22.2. The van der Waals surface area contributed by atoms with Crippen LogP contribution in [0.3, 0.4) is 0 Å². The number of aromatic amines is 1. The Morgan fingerprint density at radius 1 is 1.09 bits per heavy atom. The van der Waals surface area contributed by atoms with E-state index >= 15 is 0 Å². The lowest BCUT2D eigenvalue weighted by Crippen LogP contribution is -2.00. The van der Waals surface area contributed by atoms with E-state index in [1.807, 2.05) is 30.3 Å². The van der Waals surface area contributed by atoms with Crippen molar-refractivity contribution in [2.75, 3.05) is 0 Å². The van der Waals surface area contributed by atoms with Gasteiger partial charge < -0.3 is 19.2 Å². The Morgan fingerprint density at radius 3 is 2.59 bits per heavy atom. The van der Waals surface area contributed by atoms with Gasteiger partial charge in [-0.15, -0.1) is 0 Å². The summed E-state index contributed by atoms with van der Waals surface area (Å²) in [4.78, 5) is 22.9. The summed E-state index contributed by atoms with van der Waals surface area (Å²) < 4.78 is 11.1. The van der Waals surface area contributed by atoms with Gasteiger partial charge in [-0.05, 0) is 42.3 Å². The van der Waals surface area contributed by atoms with E-state index in [9.17, 15) is 9.90 Å². The summed E-state index contributed by atoms with van der Waals surface area (Å²) in [7, 11) is 0. The van der Waals surface area contributed by atoms with Crippen LogP contribution in [0.2, 0.25) is 5.02 Å². The summed E-state index contributed by atoms with van der Waals surface area (Å²) in [5.74, 6) is 0.0547. The van der Waals surface area contributed by atoms with E-state index in [0.717, 1.165) is 16.7 Å². The van der Waals surface area contributed by atoms with Gasteiger partial charge in [0.25, 0.3) is 6.01 Å². The number of oxazole rings is 1. The molecule has 0 aliphatic rings. The highest BCUT2D eigenvalue weighted by molar-refractivity contribution is 6.34.